The summed E-state index contributed by atoms with van der Waals surface area (Å²) in [6, 6.07) is 3.95. The fourth-order valence-electron chi connectivity index (χ4n) is 3.92. The Morgan fingerprint density at radius 3 is 2.56 bits per heavy atom. The molecule has 2 atom stereocenters. The molecule has 0 bridgehead atoms. The van der Waals surface area contributed by atoms with Crippen LogP contribution in [0.1, 0.15) is 36.0 Å². The molecule has 7 nitrogen and oxygen atoms in total. The van der Waals surface area contributed by atoms with Crippen LogP contribution in [0.5, 0.6) is 0 Å². The molecule has 0 radical (unpaired) electrons. The highest BCUT2D eigenvalue weighted by atomic mass is 19.4. The lowest BCUT2D eigenvalue weighted by Crippen LogP contribution is -2.52. The zero-order valence-electron chi connectivity index (χ0n) is 17.5. The smallest absolute Gasteiger partial charge is 0.379 e. The van der Waals surface area contributed by atoms with Crippen molar-refractivity contribution in [1.82, 2.24) is 14.5 Å². The molecule has 1 aliphatic rings. The number of aliphatic hydroxyl groups is 1. The number of anilines is 1. The third-order valence-electron chi connectivity index (χ3n) is 5.69. The van der Waals surface area contributed by atoms with E-state index in [-0.39, 0.29) is 29.2 Å². The van der Waals surface area contributed by atoms with E-state index in [1.54, 1.807) is 0 Å². The van der Waals surface area contributed by atoms with Crippen LogP contribution in [0.2, 0.25) is 0 Å². The second kappa shape index (κ2) is 8.55. The van der Waals surface area contributed by atoms with E-state index >= 15 is 0 Å². The molecule has 1 aromatic carbocycles. The van der Waals surface area contributed by atoms with E-state index in [4.69, 9.17) is 4.74 Å². The number of benzene rings is 1. The Bertz CT molecular complexity index is 1290. The number of ether oxygens (including phenoxy) is 1. The van der Waals surface area contributed by atoms with Crippen molar-refractivity contribution < 1.29 is 36.2 Å². The van der Waals surface area contributed by atoms with Gasteiger partial charge in [0.25, 0.3) is 12.0 Å². The summed E-state index contributed by atoms with van der Waals surface area (Å²) < 4.78 is 88.0. The average Bonchev–Trinajstić information content (AvgIpc) is 3.24. The van der Waals surface area contributed by atoms with Crippen LogP contribution >= 0.6 is 0 Å². The average molecular weight is 488 g/mol. The minimum absolute atomic E-state index is 0.0264. The van der Waals surface area contributed by atoms with Gasteiger partial charge in [-0.2, -0.15) is 13.2 Å². The van der Waals surface area contributed by atoms with Crippen LogP contribution in [0.25, 0.3) is 10.9 Å². The summed E-state index contributed by atoms with van der Waals surface area (Å²) in [5.41, 5.74) is -5.07. The number of hydrogen-bond donors (Lipinski definition) is 2. The first kappa shape index (κ1) is 24.0. The van der Waals surface area contributed by atoms with E-state index in [2.05, 4.69) is 15.3 Å². The summed E-state index contributed by atoms with van der Waals surface area (Å²) in [4.78, 5) is 20.7. The van der Waals surface area contributed by atoms with Gasteiger partial charge in [-0.1, -0.05) is 18.2 Å². The molecule has 182 valence electrons. The zero-order valence-corrected chi connectivity index (χ0v) is 17.5. The van der Waals surface area contributed by atoms with Crippen LogP contribution in [0.3, 0.4) is 0 Å². The maximum atomic E-state index is 14.5. The van der Waals surface area contributed by atoms with Crippen LogP contribution in [0.4, 0.5) is 32.2 Å². The Labute approximate surface area is 188 Å². The van der Waals surface area contributed by atoms with E-state index < -0.39 is 59.9 Å². The van der Waals surface area contributed by atoms with Crippen molar-refractivity contribution in [2.24, 2.45) is 0 Å². The van der Waals surface area contributed by atoms with Crippen molar-refractivity contribution in [2.75, 3.05) is 18.5 Å². The van der Waals surface area contributed by atoms with Gasteiger partial charge in [0.05, 0.1) is 23.1 Å². The van der Waals surface area contributed by atoms with E-state index in [1.165, 1.54) is 6.92 Å². The molecule has 1 aliphatic heterocycles. The van der Waals surface area contributed by atoms with Gasteiger partial charge in [0, 0.05) is 30.9 Å². The second-order valence-electron chi connectivity index (χ2n) is 7.83. The molecule has 0 saturated carbocycles. The molecule has 3 heterocycles. The summed E-state index contributed by atoms with van der Waals surface area (Å²) in [5, 5.41) is 12.9. The Hall–Kier alpha value is -3.19. The highest BCUT2D eigenvalue weighted by molar-refractivity contribution is 5.88. The quantitative estimate of drug-likeness (QED) is 0.418. The van der Waals surface area contributed by atoms with Crippen LogP contribution in [-0.4, -0.2) is 39.0 Å². The van der Waals surface area contributed by atoms with Crippen molar-refractivity contribution in [3.05, 3.63) is 63.6 Å². The maximum absolute atomic E-state index is 14.5. The molecule has 4 rings (SSSR count). The van der Waals surface area contributed by atoms with E-state index in [9.17, 15) is 36.2 Å². The topological polar surface area (TPSA) is 89.3 Å². The molecule has 0 amide bonds. The Balaban J connectivity index is 1.84. The van der Waals surface area contributed by atoms with Crippen LogP contribution in [0, 0.1) is 12.7 Å². The Morgan fingerprint density at radius 2 is 1.94 bits per heavy atom. The standard InChI is InChI=1S/C21H18F6N4O3/c1-10-28-14-7-15(32)31(20(21(25,26)27)5-6-34-9-20)8-13(14)18(29-10)30-19(33)12-4-2-3-11(16(12)22)17(23)24/h2-4,7-8,17,19,33H,5-6,9H2,1H3,(H,28,29,30)/t19-,20-/m1/s1. The molecule has 0 unspecified atom stereocenters. The minimum atomic E-state index is -4.82. The highest BCUT2D eigenvalue weighted by Crippen LogP contribution is 2.42. The largest absolute Gasteiger partial charge is 0.414 e. The highest BCUT2D eigenvalue weighted by Gasteiger charge is 2.59. The van der Waals surface area contributed by atoms with Gasteiger partial charge < -0.3 is 15.2 Å². The van der Waals surface area contributed by atoms with Gasteiger partial charge >= 0.3 is 6.18 Å². The molecular formula is C21H18F6N4O3. The summed E-state index contributed by atoms with van der Waals surface area (Å²) in [6.45, 7) is 0.451. The van der Waals surface area contributed by atoms with Gasteiger partial charge in [-0.15, -0.1) is 0 Å². The van der Waals surface area contributed by atoms with E-state index in [1.807, 2.05) is 0 Å². The van der Waals surface area contributed by atoms with Gasteiger partial charge in [0.2, 0.25) is 0 Å². The molecule has 2 aromatic heterocycles. The monoisotopic (exact) mass is 488 g/mol. The number of aromatic nitrogens is 3. The number of hydrogen-bond acceptors (Lipinski definition) is 6. The minimum Gasteiger partial charge on any atom is -0.379 e. The number of halogens is 6. The number of rotatable bonds is 5. The predicted molar refractivity (Wildman–Crippen MR) is 108 cm³/mol. The molecule has 3 aromatic rings. The Morgan fingerprint density at radius 1 is 1.24 bits per heavy atom. The number of nitrogens with one attached hydrogen (secondary N) is 1. The summed E-state index contributed by atoms with van der Waals surface area (Å²) in [7, 11) is 0. The number of aliphatic hydroxyl groups excluding tert-OH is 1. The van der Waals surface area contributed by atoms with E-state index in [0.717, 1.165) is 30.5 Å². The van der Waals surface area contributed by atoms with E-state index in [0.29, 0.717) is 4.57 Å². The van der Waals surface area contributed by atoms with Gasteiger partial charge in [0.15, 0.2) is 11.8 Å². The van der Waals surface area contributed by atoms with Gasteiger partial charge in [-0.25, -0.2) is 23.1 Å². The molecule has 2 N–H and O–H groups in total. The summed E-state index contributed by atoms with van der Waals surface area (Å²) in [6.07, 6.45) is -9.43. The molecule has 1 saturated heterocycles. The first-order valence-corrected chi connectivity index (χ1v) is 10.0. The van der Waals surface area contributed by atoms with Crippen molar-refractivity contribution in [2.45, 2.75) is 37.7 Å². The number of fused-ring (bicyclic) bond motifs is 1. The number of nitrogens with zero attached hydrogens (tertiary/aromatic N) is 3. The normalized spacial score (nSPS) is 19.7. The molecule has 34 heavy (non-hydrogen) atoms. The molecule has 0 aliphatic carbocycles. The van der Waals surface area contributed by atoms with Gasteiger partial charge in [0.1, 0.15) is 17.5 Å². The first-order chi connectivity index (χ1) is 15.9. The van der Waals surface area contributed by atoms with Crippen molar-refractivity contribution in [3.8, 4) is 0 Å². The SMILES string of the molecule is Cc1nc(N[C@H](O)c2cccc(C(F)F)c2F)c2cn([C@]3(C(F)(F)F)CCOC3)c(=O)cc2n1. The maximum Gasteiger partial charge on any atom is 0.414 e. The lowest BCUT2D eigenvalue weighted by Gasteiger charge is -2.32. The van der Waals surface area contributed by atoms with Crippen LogP contribution in [0.15, 0.2) is 35.3 Å². The third kappa shape index (κ3) is 3.98. The van der Waals surface area contributed by atoms with Gasteiger partial charge in [-0.05, 0) is 6.92 Å². The first-order valence-electron chi connectivity index (χ1n) is 10.0. The molecule has 13 heteroatoms. The summed E-state index contributed by atoms with van der Waals surface area (Å²) >= 11 is 0. The number of alkyl halides is 5. The second-order valence-corrected chi connectivity index (χ2v) is 7.83. The Kier molecular flexibility index (Phi) is 6.02. The zero-order chi connectivity index (χ0) is 24.8. The third-order valence-corrected chi connectivity index (χ3v) is 5.69. The fraction of sp³-hybridized carbons (Fsp3) is 0.381. The molecular weight excluding hydrogens is 470 g/mol. The van der Waals surface area contributed by atoms with Crippen LogP contribution in [-0.2, 0) is 10.3 Å². The van der Waals surface area contributed by atoms with Crippen molar-refractivity contribution in [3.63, 3.8) is 0 Å². The lowest BCUT2D eigenvalue weighted by molar-refractivity contribution is -0.214. The van der Waals surface area contributed by atoms with Crippen LogP contribution < -0.4 is 10.9 Å². The van der Waals surface area contributed by atoms with Gasteiger partial charge in [-0.3, -0.25) is 9.36 Å². The number of aryl methyl sites for hydroxylation is 1. The van der Waals surface area contributed by atoms with Crippen molar-refractivity contribution >= 4 is 16.7 Å². The fourth-order valence-corrected chi connectivity index (χ4v) is 3.92. The molecule has 1 fully saturated rings. The lowest BCUT2D eigenvalue weighted by atomic mass is 9.97. The number of pyridine rings is 1. The summed E-state index contributed by atoms with van der Waals surface area (Å²) in [5.74, 6) is -1.47. The van der Waals surface area contributed by atoms with Crippen molar-refractivity contribution in [1.29, 1.82) is 0 Å². The predicted octanol–water partition coefficient (Wildman–Crippen LogP) is 3.96. The molecule has 0 spiro atoms.